The number of nitrogens with one attached hydrogen (secondary N) is 1. The van der Waals surface area contributed by atoms with Gasteiger partial charge in [0.25, 0.3) is 0 Å². The molecule has 1 atom stereocenters. The molecule has 0 bridgehead atoms. The molecule has 1 unspecified atom stereocenters. The zero-order chi connectivity index (χ0) is 11.3. The van der Waals surface area contributed by atoms with Crippen molar-refractivity contribution in [2.24, 2.45) is 5.73 Å². The first-order valence-corrected chi connectivity index (χ1v) is 5.68. The number of nitrogens with zero attached hydrogens (tertiary/aromatic N) is 1. The van der Waals surface area contributed by atoms with Crippen molar-refractivity contribution in [2.75, 3.05) is 0 Å². The molecule has 3 heteroatoms. The third-order valence-electron chi connectivity index (χ3n) is 3.59. The van der Waals surface area contributed by atoms with Crippen molar-refractivity contribution < 1.29 is 0 Å². The van der Waals surface area contributed by atoms with Crippen LogP contribution in [0.5, 0.6) is 0 Å². The fraction of sp³-hybridized carbons (Fsp3) is 0.750. The fourth-order valence-corrected chi connectivity index (χ4v) is 2.34. The first-order chi connectivity index (χ1) is 6.88. The summed E-state index contributed by atoms with van der Waals surface area (Å²) in [6.45, 7) is 8.73. The number of nitrogens with two attached hydrogens (primary N) is 1. The van der Waals surface area contributed by atoms with Crippen molar-refractivity contribution in [1.29, 1.82) is 0 Å². The van der Waals surface area contributed by atoms with Crippen molar-refractivity contribution >= 4 is 0 Å². The highest BCUT2D eigenvalue weighted by atomic mass is 15.1. The van der Waals surface area contributed by atoms with Crippen LogP contribution in [0.3, 0.4) is 0 Å². The Morgan fingerprint density at radius 2 is 2.07 bits per heavy atom. The van der Waals surface area contributed by atoms with E-state index in [9.17, 15) is 0 Å². The van der Waals surface area contributed by atoms with Crippen LogP contribution in [0.25, 0.3) is 0 Å². The monoisotopic (exact) mass is 207 g/mol. The molecule has 1 fully saturated rings. The lowest BCUT2D eigenvalue weighted by Gasteiger charge is -2.25. The second-order valence-corrected chi connectivity index (χ2v) is 5.85. The molecular weight excluding hydrogens is 186 g/mol. The molecule has 2 rings (SSSR count). The molecule has 0 aliphatic heterocycles. The Bertz CT molecular complexity index is 353. The van der Waals surface area contributed by atoms with Crippen LogP contribution in [0.15, 0.2) is 6.20 Å². The maximum absolute atomic E-state index is 6.09. The molecule has 1 aliphatic carbocycles. The molecule has 1 saturated carbocycles. The molecule has 15 heavy (non-hydrogen) atoms. The van der Waals surface area contributed by atoms with Gasteiger partial charge in [-0.15, -0.1) is 0 Å². The summed E-state index contributed by atoms with van der Waals surface area (Å²) in [5, 5.41) is 7.34. The molecule has 1 aromatic rings. The zero-order valence-corrected chi connectivity index (χ0v) is 10.1. The normalized spacial score (nSPS) is 21.4. The number of rotatable bonds is 2. The first-order valence-electron chi connectivity index (χ1n) is 5.68. The van der Waals surface area contributed by atoms with Crippen LogP contribution >= 0.6 is 0 Å². The van der Waals surface area contributed by atoms with E-state index in [-0.39, 0.29) is 16.9 Å². The minimum absolute atomic E-state index is 0.121. The van der Waals surface area contributed by atoms with Crippen molar-refractivity contribution in [2.45, 2.75) is 57.4 Å². The van der Waals surface area contributed by atoms with Crippen LogP contribution in [0.4, 0.5) is 0 Å². The smallest absolute Gasteiger partial charge is 0.0528 e. The van der Waals surface area contributed by atoms with Crippen LogP contribution in [0.2, 0.25) is 0 Å². The lowest BCUT2D eigenvalue weighted by Crippen LogP contribution is -2.33. The Kier molecular flexibility index (Phi) is 2.19. The third-order valence-corrected chi connectivity index (χ3v) is 3.59. The van der Waals surface area contributed by atoms with Gasteiger partial charge in [0, 0.05) is 28.1 Å². The summed E-state index contributed by atoms with van der Waals surface area (Å²) < 4.78 is 0. The molecule has 0 saturated heterocycles. The Hall–Kier alpha value is -0.830. The number of hydrogen-bond donors (Lipinski definition) is 2. The van der Waals surface area contributed by atoms with Crippen molar-refractivity contribution in [3.63, 3.8) is 0 Å². The van der Waals surface area contributed by atoms with E-state index in [1.165, 1.54) is 24.1 Å². The molecule has 0 amide bonds. The van der Waals surface area contributed by atoms with Gasteiger partial charge in [-0.25, -0.2) is 0 Å². The second kappa shape index (κ2) is 3.08. The molecule has 3 N–H and O–H groups in total. The molecule has 1 aromatic heterocycles. The van der Waals surface area contributed by atoms with Gasteiger partial charge in [0.2, 0.25) is 0 Å². The molecular formula is C12H21N3. The number of aromatic amines is 1. The summed E-state index contributed by atoms with van der Waals surface area (Å²) >= 11 is 0. The molecule has 0 aromatic carbocycles. The van der Waals surface area contributed by atoms with Crippen LogP contribution in [0, 0.1) is 0 Å². The standard InChI is InChI=1S/C12H21N3/c1-8(13)12(5-6-12)9-7-14-15-10(9)11(2,3)4/h7-8H,5-6,13H2,1-4H3,(H,14,15). The van der Waals surface area contributed by atoms with E-state index in [2.05, 4.69) is 37.9 Å². The van der Waals surface area contributed by atoms with Gasteiger partial charge in [-0.2, -0.15) is 5.10 Å². The highest BCUT2D eigenvalue weighted by Crippen LogP contribution is 2.52. The highest BCUT2D eigenvalue weighted by Gasteiger charge is 2.50. The molecule has 84 valence electrons. The molecule has 0 spiro atoms. The Labute approximate surface area is 91.4 Å². The van der Waals surface area contributed by atoms with E-state index < -0.39 is 0 Å². The van der Waals surface area contributed by atoms with Crippen LogP contribution < -0.4 is 5.73 Å². The van der Waals surface area contributed by atoms with E-state index in [0.717, 1.165) is 0 Å². The second-order valence-electron chi connectivity index (χ2n) is 5.85. The van der Waals surface area contributed by atoms with E-state index >= 15 is 0 Å². The Morgan fingerprint density at radius 1 is 1.47 bits per heavy atom. The van der Waals surface area contributed by atoms with Gasteiger partial charge in [0.1, 0.15) is 0 Å². The highest BCUT2D eigenvalue weighted by molar-refractivity contribution is 5.38. The summed E-state index contributed by atoms with van der Waals surface area (Å²) in [4.78, 5) is 0. The number of hydrogen-bond acceptors (Lipinski definition) is 2. The number of aromatic nitrogens is 2. The van der Waals surface area contributed by atoms with Gasteiger partial charge in [-0.05, 0) is 19.8 Å². The Morgan fingerprint density at radius 3 is 2.47 bits per heavy atom. The predicted octanol–water partition coefficient (Wildman–Crippen LogP) is 2.09. The molecule has 1 heterocycles. The maximum Gasteiger partial charge on any atom is 0.0528 e. The maximum atomic E-state index is 6.09. The van der Waals surface area contributed by atoms with Crippen molar-refractivity contribution in [1.82, 2.24) is 10.2 Å². The zero-order valence-electron chi connectivity index (χ0n) is 10.1. The van der Waals surface area contributed by atoms with E-state index in [0.29, 0.717) is 0 Å². The minimum atomic E-state index is 0.121. The average Bonchev–Trinajstić information content (AvgIpc) is 2.75. The lowest BCUT2D eigenvalue weighted by molar-refractivity contribution is 0.513. The molecule has 3 nitrogen and oxygen atoms in total. The fourth-order valence-electron chi connectivity index (χ4n) is 2.34. The van der Waals surface area contributed by atoms with E-state index in [1.807, 2.05) is 6.20 Å². The summed E-state index contributed by atoms with van der Waals surface area (Å²) in [6.07, 6.45) is 4.37. The van der Waals surface area contributed by atoms with E-state index in [1.54, 1.807) is 0 Å². The average molecular weight is 207 g/mol. The van der Waals surface area contributed by atoms with Crippen molar-refractivity contribution in [3.05, 3.63) is 17.5 Å². The summed E-state index contributed by atoms with van der Waals surface area (Å²) in [6, 6.07) is 0.219. The predicted molar refractivity (Wildman–Crippen MR) is 61.8 cm³/mol. The van der Waals surface area contributed by atoms with Crippen LogP contribution in [0.1, 0.15) is 51.8 Å². The van der Waals surface area contributed by atoms with Gasteiger partial charge in [-0.1, -0.05) is 20.8 Å². The van der Waals surface area contributed by atoms with Gasteiger partial charge < -0.3 is 5.73 Å². The Balaban J connectivity index is 2.42. The van der Waals surface area contributed by atoms with Crippen LogP contribution in [-0.2, 0) is 10.8 Å². The van der Waals surface area contributed by atoms with Crippen LogP contribution in [-0.4, -0.2) is 16.2 Å². The first kappa shape index (κ1) is 10.7. The minimum Gasteiger partial charge on any atom is -0.327 e. The largest absolute Gasteiger partial charge is 0.327 e. The number of H-pyrrole nitrogens is 1. The quantitative estimate of drug-likeness (QED) is 0.780. The molecule has 0 radical (unpaired) electrons. The molecule has 1 aliphatic rings. The summed E-state index contributed by atoms with van der Waals surface area (Å²) in [5.41, 5.74) is 9.01. The summed E-state index contributed by atoms with van der Waals surface area (Å²) in [7, 11) is 0. The topological polar surface area (TPSA) is 54.7 Å². The van der Waals surface area contributed by atoms with Gasteiger partial charge in [0.05, 0.1) is 6.20 Å². The van der Waals surface area contributed by atoms with E-state index in [4.69, 9.17) is 5.73 Å². The van der Waals surface area contributed by atoms with Crippen molar-refractivity contribution in [3.8, 4) is 0 Å². The lowest BCUT2D eigenvalue weighted by atomic mass is 9.81. The van der Waals surface area contributed by atoms with Gasteiger partial charge in [-0.3, -0.25) is 5.10 Å². The SMILES string of the molecule is CC(N)C1(c2cn[nH]c2C(C)(C)C)CC1. The van der Waals surface area contributed by atoms with Gasteiger partial charge in [0.15, 0.2) is 0 Å². The third kappa shape index (κ3) is 1.59. The summed E-state index contributed by atoms with van der Waals surface area (Å²) in [5.74, 6) is 0. The van der Waals surface area contributed by atoms with Gasteiger partial charge >= 0.3 is 0 Å².